The van der Waals surface area contributed by atoms with Crippen molar-refractivity contribution in [3.8, 4) is 0 Å². The topological polar surface area (TPSA) is 100 Å². The van der Waals surface area contributed by atoms with Gasteiger partial charge in [0.25, 0.3) is 0 Å². The summed E-state index contributed by atoms with van der Waals surface area (Å²) in [5, 5.41) is 7.89. The minimum Gasteiger partial charge on any atom is -0.380 e. The van der Waals surface area contributed by atoms with E-state index in [1.165, 1.54) is 18.4 Å². The maximum Gasteiger partial charge on any atom is 0.243 e. The van der Waals surface area contributed by atoms with Crippen molar-refractivity contribution in [1.29, 1.82) is 0 Å². The fraction of sp³-hybridized carbons (Fsp3) is 0.600. The first-order chi connectivity index (χ1) is 16.9. The lowest BCUT2D eigenvalue weighted by Crippen LogP contribution is -2.37. The highest BCUT2D eigenvalue weighted by Crippen LogP contribution is 2.26. The first kappa shape index (κ1) is 22.8. The maximum atomic E-state index is 7.76. The molecule has 0 aliphatic carbocycles. The number of aryl methyl sites for hydroxylation is 1. The Morgan fingerprint density at radius 3 is 2.74 bits per heavy atom. The van der Waals surface area contributed by atoms with E-state index in [1.807, 2.05) is 6.20 Å². The molecule has 1 fully saturated rings. The number of rotatable bonds is 9. The predicted octanol–water partition coefficient (Wildman–Crippen LogP) is 3.38. The molecule has 0 amide bonds. The van der Waals surface area contributed by atoms with Crippen molar-refractivity contribution in [1.82, 2.24) is 29.5 Å². The summed E-state index contributed by atoms with van der Waals surface area (Å²) in [5.41, 5.74) is 9.95. The van der Waals surface area contributed by atoms with Crippen LogP contribution in [-0.2, 0) is 6.42 Å². The minimum absolute atomic E-state index is 0.00355. The fourth-order valence-corrected chi connectivity index (χ4v) is 4.84. The first-order valence-corrected chi connectivity index (χ1v) is 12.3. The summed E-state index contributed by atoms with van der Waals surface area (Å²) in [6, 6.07) is 2.21. The molecule has 4 rings (SSSR count). The number of nitrogens with zero attached hydrogens (tertiary/aromatic N) is 7. The first-order valence-electron chi connectivity index (χ1n) is 13.0. The average Bonchev–Trinajstić information content (AvgIpc) is 3.22. The summed E-state index contributed by atoms with van der Waals surface area (Å²) in [4.78, 5) is 18.4. The molecule has 1 aliphatic rings. The SMILES string of the molecule is [2H]C[C@@H](CCC)Nc1nc(N)c2ncc(Cc3cnc(N4CCC(CN(C)C)CC4)c(C)c3)n2n1. The Hall–Kier alpha value is -2.94. The van der Waals surface area contributed by atoms with E-state index in [4.69, 9.17) is 12.1 Å². The quantitative estimate of drug-likeness (QED) is 0.495. The van der Waals surface area contributed by atoms with Crippen molar-refractivity contribution in [3.05, 3.63) is 35.3 Å². The molecule has 1 atom stereocenters. The summed E-state index contributed by atoms with van der Waals surface area (Å²) in [5.74, 6) is 2.62. The van der Waals surface area contributed by atoms with E-state index < -0.39 is 0 Å². The Morgan fingerprint density at radius 1 is 1.26 bits per heavy atom. The van der Waals surface area contributed by atoms with Crippen LogP contribution in [0.3, 0.4) is 0 Å². The van der Waals surface area contributed by atoms with Crippen LogP contribution in [0.5, 0.6) is 0 Å². The van der Waals surface area contributed by atoms with Crippen LogP contribution in [0, 0.1) is 12.8 Å². The fourth-order valence-electron chi connectivity index (χ4n) is 4.84. The van der Waals surface area contributed by atoms with E-state index in [9.17, 15) is 0 Å². The maximum absolute atomic E-state index is 7.76. The normalized spacial score (nSPS) is 16.3. The zero-order valence-electron chi connectivity index (χ0n) is 22.0. The monoisotopic (exact) mass is 466 g/mol. The summed E-state index contributed by atoms with van der Waals surface area (Å²) in [6.45, 7) is 7.78. The molecule has 9 nitrogen and oxygen atoms in total. The van der Waals surface area contributed by atoms with Gasteiger partial charge < -0.3 is 20.9 Å². The minimum atomic E-state index is -0.00355. The molecule has 1 aliphatic heterocycles. The van der Waals surface area contributed by atoms with Crippen LogP contribution in [0.2, 0.25) is 0 Å². The van der Waals surface area contributed by atoms with Crippen LogP contribution in [0.1, 0.15) is 57.7 Å². The zero-order valence-corrected chi connectivity index (χ0v) is 21.0. The van der Waals surface area contributed by atoms with Crippen LogP contribution in [0.15, 0.2) is 18.5 Å². The number of imidazole rings is 1. The van der Waals surface area contributed by atoms with Crippen molar-refractivity contribution in [2.24, 2.45) is 5.92 Å². The second-order valence-corrected chi connectivity index (χ2v) is 9.79. The molecule has 0 radical (unpaired) electrons. The number of aromatic nitrogens is 5. The van der Waals surface area contributed by atoms with E-state index in [0.717, 1.165) is 55.5 Å². The Bertz CT molecular complexity index is 1120. The van der Waals surface area contributed by atoms with Crippen LogP contribution in [0.4, 0.5) is 17.6 Å². The van der Waals surface area contributed by atoms with E-state index >= 15 is 0 Å². The largest absolute Gasteiger partial charge is 0.380 e. The number of anilines is 3. The van der Waals surface area contributed by atoms with Crippen LogP contribution < -0.4 is 16.0 Å². The van der Waals surface area contributed by atoms with Crippen molar-refractivity contribution < 1.29 is 1.37 Å². The van der Waals surface area contributed by atoms with Gasteiger partial charge in [0, 0.05) is 39.7 Å². The number of pyridine rings is 1. The van der Waals surface area contributed by atoms with Crippen molar-refractivity contribution >= 4 is 23.2 Å². The van der Waals surface area contributed by atoms with Gasteiger partial charge in [-0.05, 0) is 64.2 Å². The molecule has 4 heterocycles. The Balaban J connectivity index is 1.48. The van der Waals surface area contributed by atoms with Gasteiger partial charge >= 0.3 is 0 Å². The molecule has 1 saturated heterocycles. The smallest absolute Gasteiger partial charge is 0.243 e. The van der Waals surface area contributed by atoms with Gasteiger partial charge in [-0.15, -0.1) is 5.10 Å². The lowest BCUT2D eigenvalue weighted by Gasteiger charge is -2.34. The highest BCUT2D eigenvalue weighted by molar-refractivity contribution is 5.61. The molecule has 34 heavy (non-hydrogen) atoms. The third kappa shape index (κ3) is 5.58. The standard InChI is InChI=1S/C25H39N9/c1-6-7-18(3)29-25-30-22(26)24-28-15-21(34(24)31-25)13-20-12-17(2)23(27-14-20)33-10-8-19(9-11-33)16-32(4)5/h12,14-15,18-19H,6-11,13,16H2,1-5H3,(H3,26,29,30,31)/t18-/m0/s1/i3D. The number of nitrogen functional groups attached to an aromatic ring is 1. The summed E-state index contributed by atoms with van der Waals surface area (Å²) < 4.78 is 9.52. The Kier molecular flexibility index (Phi) is 7.08. The number of hydrogen-bond donors (Lipinski definition) is 2. The Morgan fingerprint density at radius 2 is 2.06 bits per heavy atom. The number of nitrogens with two attached hydrogens (primary N) is 1. The number of piperidine rings is 1. The van der Waals surface area contributed by atoms with Gasteiger partial charge in [0.1, 0.15) is 5.82 Å². The summed E-state index contributed by atoms with van der Waals surface area (Å²) in [7, 11) is 4.30. The molecule has 0 saturated carbocycles. The molecule has 3 aromatic heterocycles. The molecule has 0 unspecified atom stereocenters. The highest BCUT2D eigenvalue weighted by Gasteiger charge is 2.22. The van der Waals surface area contributed by atoms with Gasteiger partial charge in [0.2, 0.25) is 5.95 Å². The van der Waals surface area contributed by atoms with Crippen molar-refractivity contribution in [2.45, 2.75) is 58.9 Å². The summed E-state index contributed by atoms with van der Waals surface area (Å²) in [6.07, 6.45) is 8.70. The lowest BCUT2D eigenvalue weighted by atomic mass is 9.96. The third-order valence-electron chi connectivity index (χ3n) is 6.46. The molecule has 0 spiro atoms. The lowest BCUT2D eigenvalue weighted by molar-refractivity contribution is 0.284. The number of hydrogen-bond acceptors (Lipinski definition) is 8. The molecule has 3 aromatic rings. The second-order valence-electron chi connectivity index (χ2n) is 9.79. The molecule has 9 heteroatoms. The van der Waals surface area contributed by atoms with E-state index in [2.05, 4.69) is 64.2 Å². The number of nitrogens with one attached hydrogen (secondary N) is 1. The van der Waals surface area contributed by atoms with Gasteiger partial charge in [-0.25, -0.2) is 14.5 Å². The summed E-state index contributed by atoms with van der Waals surface area (Å²) >= 11 is 0. The van der Waals surface area contributed by atoms with Gasteiger partial charge in [-0.2, -0.15) is 4.98 Å². The van der Waals surface area contributed by atoms with Gasteiger partial charge in [-0.1, -0.05) is 19.4 Å². The third-order valence-corrected chi connectivity index (χ3v) is 6.46. The van der Waals surface area contributed by atoms with E-state index in [-0.39, 0.29) is 12.9 Å². The van der Waals surface area contributed by atoms with Crippen LogP contribution in [0.25, 0.3) is 5.65 Å². The highest BCUT2D eigenvalue weighted by atomic mass is 15.3. The zero-order chi connectivity index (χ0) is 24.9. The second kappa shape index (κ2) is 10.5. The molecular formula is C25H39N9. The predicted molar refractivity (Wildman–Crippen MR) is 138 cm³/mol. The van der Waals surface area contributed by atoms with Crippen LogP contribution >= 0.6 is 0 Å². The van der Waals surface area contributed by atoms with E-state index in [1.54, 1.807) is 10.7 Å². The van der Waals surface area contributed by atoms with Gasteiger partial charge in [-0.3, -0.25) is 0 Å². The van der Waals surface area contributed by atoms with Crippen molar-refractivity contribution in [3.63, 3.8) is 0 Å². The van der Waals surface area contributed by atoms with Gasteiger partial charge in [0.05, 0.1) is 11.9 Å². The number of fused-ring (bicyclic) bond motifs is 1. The molecule has 0 aromatic carbocycles. The Labute approximate surface area is 204 Å². The van der Waals surface area contributed by atoms with Gasteiger partial charge in [0.15, 0.2) is 11.5 Å². The molecular weight excluding hydrogens is 426 g/mol. The average molecular weight is 467 g/mol. The van der Waals surface area contributed by atoms with Crippen molar-refractivity contribution in [2.75, 3.05) is 49.7 Å². The van der Waals surface area contributed by atoms with Crippen LogP contribution in [-0.4, -0.2) is 69.2 Å². The van der Waals surface area contributed by atoms with E-state index in [0.29, 0.717) is 23.8 Å². The molecule has 3 N–H and O–H groups in total. The molecule has 184 valence electrons. The molecule has 0 bridgehead atoms.